The summed E-state index contributed by atoms with van der Waals surface area (Å²) in [6.07, 6.45) is 6.82. The Morgan fingerprint density at radius 3 is 2.32 bits per heavy atom. The Morgan fingerprint density at radius 2 is 1.66 bits per heavy atom. The number of hydrogen-bond acceptors (Lipinski definition) is 3. The first-order valence-corrected chi connectivity index (χ1v) is 14.8. The zero-order chi connectivity index (χ0) is 27.0. The summed E-state index contributed by atoms with van der Waals surface area (Å²) in [4.78, 5) is 16.9. The van der Waals surface area contributed by atoms with Crippen LogP contribution in [-0.2, 0) is 10.2 Å². The second-order valence-electron chi connectivity index (χ2n) is 12.0. The number of anilines is 1. The molecular formula is C33H41N3OS. The summed E-state index contributed by atoms with van der Waals surface area (Å²) in [7, 11) is 0. The number of rotatable bonds is 5. The molecule has 0 radical (unpaired) electrons. The van der Waals surface area contributed by atoms with Gasteiger partial charge in [-0.2, -0.15) is 0 Å². The molecule has 1 saturated heterocycles. The van der Waals surface area contributed by atoms with Gasteiger partial charge in [-0.1, -0.05) is 82.6 Å². The normalized spacial score (nSPS) is 23.3. The van der Waals surface area contributed by atoms with Gasteiger partial charge in [0.2, 0.25) is 0 Å². The van der Waals surface area contributed by atoms with Crippen molar-refractivity contribution in [2.24, 2.45) is 5.92 Å². The summed E-state index contributed by atoms with van der Waals surface area (Å²) in [6.45, 7) is 13.3. The highest BCUT2D eigenvalue weighted by Crippen LogP contribution is 2.42. The number of aromatic nitrogens is 1. The van der Waals surface area contributed by atoms with Gasteiger partial charge in [0.25, 0.3) is 5.91 Å². The second kappa shape index (κ2) is 10.7. The van der Waals surface area contributed by atoms with Crippen molar-refractivity contribution in [3.05, 3.63) is 88.1 Å². The van der Waals surface area contributed by atoms with Crippen molar-refractivity contribution in [1.29, 1.82) is 0 Å². The fourth-order valence-electron chi connectivity index (χ4n) is 5.95. The number of amides is 1. The maximum atomic E-state index is 13.9. The van der Waals surface area contributed by atoms with Crippen LogP contribution in [0.5, 0.6) is 0 Å². The van der Waals surface area contributed by atoms with Crippen LogP contribution in [0.25, 0.3) is 11.8 Å². The summed E-state index contributed by atoms with van der Waals surface area (Å²) in [5, 5.41) is 3.65. The zero-order valence-corrected chi connectivity index (χ0v) is 24.4. The highest BCUT2D eigenvalue weighted by Gasteiger charge is 2.43. The summed E-state index contributed by atoms with van der Waals surface area (Å²) < 4.78 is 2.30. The van der Waals surface area contributed by atoms with Crippen molar-refractivity contribution in [3.8, 4) is 5.69 Å². The minimum Gasteiger partial charge on any atom is -0.356 e. The lowest BCUT2D eigenvalue weighted by Gasteiger charge is -2.39. The lowest BCUT2D eigenvalue weighted by Crippen LogP contribution is -2.48. The highest BCUT2D eigenvalue weighted by atomic mass is 32.2. The third kappa shape index (κ3) is 5.31. The summed E-state index contributed by atoms with van der Waals surface area (Å²) in [6, 6.07) is 21.6. The average Bonchev–Trinajstić information content (AvgIpc) is 3.34. The Bertz CT molecular complexity index is 1320. The number of benzene rings is 2. The van der Waals surface area contributed by atoms with Crippen LogP contribution in [0, 0.1) is 19.8 Å². The van der Waals surface area contributed by atoms with Crippen LogP contribution in [-0.4, -0.2) is 26.9 Å². The van der Waals surface area contributed by atoms with Gasteiger partial charge in [0.1, 0.15) is 0 Å². The summed E-state index contributed by atoms with van der Waals surface area (Å²) in [5.41, 5.74) is 6.99. The number of carbonyl (C=O) groups excluding carboxylic acids is 1. The lowest BCUT2D eigenvalue weighted by molar-refractivity contribution is -0.129. The third-order valence-corrected chi connectivity index (χ3v) is 9.29. The fourth-order valence-corrected chi connectivity index (χ4v) is 7.15. The predicted molar refractivity (Wildman–Crippen MR) is 162 cm³/mol. The molecule has 3 aromatic rings. The standard InChI is InChI=1S/C33H41N3OS/c1-22-12-10-11-15-29(22)36-31(37)30(38-32(36)34-27-13-8-7-9-14-27)21-25-20-23(2)35(24(25)3)28-18-16-26(17-19-28)33(4,5)6/h7-9,13-14,16-22,29,32,34H,10-12,15H2,1-6H3/b30-21-/t22-,29-,32?/m0/s1. The van der Waals surface area contributed by atoms with Crippen molar-refractivity contribution in [3.63, 3.8) is 0 Å². The first-order valence-electron chi connectivity index (χ1n) is 14.0. The molecule has 0 spiro atoms. The molecule has 1 N–H and O–H groups in total. The molecule has 1 amide bonds. The van der Waals surface area contributed by atoms with Gasteiger partial charge in [-0.3, -0.25) is 4.79 Å². The second-order valence-corrected chi connectivity index (χ2v) is 13.1. The molecule has 1 unspecified atom stereocenters. The van der Waals surface area contributed by atoms with E-state index in [9.17, 15) is 4.79 Å². The molecule has 1 aliphatic carbocycles. The number of nitrogens with one attached hydrogen (secondary N) is 1. The molecule has 200 valence electrons. The van der Waals surface area contributed by atoms with Crippen LogP contribution in [0.15, 0.2) is 65.6 Å². The maximum absolute atomic E-state index is 13.9. The molecular weight excluding hydrogens is 486 g/mol. The molecule has 1 aliphatic heterocycles. The Labute approximate surface area is 232 Å². The number of aryl methyl sites for hydroxylation is 1. The zero-order valence-electron chi connectivity index (χ0n) is 23.6. The van der Waals surface area contributed by atoms with Crippen molar-refractivity contribution in [2.75, 3.05) is 5.32 Å². The van der Waals surface area contributed by atoms with E-state index in [-0.39, 0.29) is 22.9 Å². The Morgan fingerprint density at radius 1 is 0.974 bits per heavy atom. The van der Waals surface area contributed by atoms with Gasteiger partial charge in [0.05, 0.1) is 4.91 Å². The van der Waals surface area contributed by atoms with Crippen molar-refractivity contribution in [1.82, 2.24) is 9.47 Å². The van der Waals surface area contributed by atoms with Gasteiger partial charge >= 0.3 is 0 Å². The van der Waals surface area contributed by atoms with E-state index in [1.807, 2.05) is 18.2 Å². The van der Waals surface area contributed by atoms with Crippen LogP contribution in [0.3, 0.4) is 0 Å². The molecule has 0 bridgehead atoms. The van der Waals surface area contributed by atoms with Gasteiger partial charge < -0.3 is 14.8 Å². The monoisotopic (exact) mass is 527 g/mol. The van der Waals surface area contributed by atoms with E-state index < -0.39 is 0 Å². The average molecular weight is 528 g/mol. The first kappa shape index (κ1) is 26.7. The van der Waals surface area contributed by atoms with Crippen molar-refractivity contribution >= 4 is 29.4 Å². The van der Waals surface area contributed by atoms with Crippen molar-refractivity contribution < 1.29 is 4.79 Å². The van der Waals surface area contributed by atoms with E-state index in [0.717, 1.165) is 34.0 Å². The fraction of sp³-hybridized carbons (Fsp3) is 0.424. The number of carbonyl (C=O) groups is 1. The maximum Gasteiger partial charge on any atom is 0.262 e. The Balaban J connectivity index is 1.47. The van der Waals surface area contributed by atoms with Crippen molar-refractivity contribution in [2.45, 2.75) is 84.2 Å². The van der Waals surface area contributed by atoms with Gasteiger partial charge in [0, 0.05) is 28.8 Å². The van der Waals surface area contributed by atoms with E-state index in [2.05, 4.69) is 105 Å². The smallest absolute Gasteiger partial charge is 0.262 e. The number of nitrogens with zero attached hydrogens (tertiary/aromatic N) is 2. The summed E-state index contributed by atoms with van der Waals surface area (Å²) in [5.74, 6) is 0.662. The molecule has 2 aliphatic rings. The quantitative estimate of drug-likeness (QED) is 0.339. The van der Waals surface area contributed by atoms with E-state index in [0.29, 0.717) is 5.92 Å². The molecule has 2 heterocycles. The molecule has 38 heavy (non-hydrogen) atoms. The predicted octanol–water partition coefficient (Wildman–Crippen LogP) is 8.28. The number of hydrogen-bond donors (Lipinski definition) is 1. The van der Waals surface area contributed by atoms with Crippen LogP contribution in [0.1, 0.15) is 75.9 Å². The minimum absolute atomic E-state index is 0.102. The Hall–Kier alpha value is -2.92. The highest BCUT2D eigenvalue weighted by molar-refractivity contribution is 8.05. The molecule has 5 heteroatoms. The van der Waals surface area contributed by atoms with Gasteiger partial charge in [-0.15, -0.1) is 0 Å². The molecule has 4 nitrogen and oxygen atoms in total. The van der Waals surface area contributed by atoms with E-state index in [4.69, 9.17) is 0 Å². The molecule has 1 saturated carbocycles. The van der Waals surface area contributed by atoms with Gasteiger partial charge in [-0.05, 0) is 85.6 Å². The van der Waals surface area contributed by atoms with Crippen LogP contribution in [0.2, 0.25) is 0 Å². The topological polar surface area (TPSA) is 37.3 Å². The third-order valence-electron chi connectivity index (χ3n) is 8.17. The number of thioether (sulfide) groups is 1. The molecule has 2 fully saturated rings. The van der Waals surface area contributed by atoms with E-state index in [1.165, 1.54) is 30.5 Å². The molecule has 3 atom stereocenters. The molecule has 1 aromatic heterocycles. The van der Waals surface area contributed by atoms with E-state index >= 15 is 0 Å². The van der Waals surface area contributed by atoms with Crippen LogP contribution < -0.4 is 5.32 Å². The van der Waals surface area contributed by atoms with Crippen LogP contribution in [0.4, 0.5) is 5.69 Å². The van der Waals surface area contributed by atoms with Gasteiger partial charge in [-0.25, -0.2) is 0 Å². The van der Waals surface area contributed by atoms with E-state index in [1.54, 1.807) is 11.8 Å². The first-order chi connectivity index (χ1) is 18.1. The SMILES string of the molecule is Cc1cc(/C=C2\SC(Nc3ccccc3)N([C@H]3CCCC[C@@H]3C)C2=O)c(C)n1-c1ccc(C(C)(C)C)cc1. The number of para-hydroxylation sites is 1. The largest absolute Gasteiger partial charge is 0.356 e. The Kier molecular flexibility index (Phi) is 7.50. The summed E-state index contributed by atoms with van der Waals surface area (Å²) >= 11 is 1.65. The molecule has 2 aromatic carbocycles. The van der Waals surface area contributed by atoms with Gasteiger partial charge in [0.15, 0.2) is 5.50 Å². The minimum atomic E-state index is -0.102. The molecule has 5 rings (SSSR count). The lowest BCUT2D eigenvalue weighted by atomic mass is 9.85. The van der Waals surface area contributed by atoms with Crippen LogP contribution >= 0.6 is 11.8 Å².